The van der Waals surface area contributed by atoms with E-state index in [1.54, 1.807) is 0 Å². The Morgan fingerprint density at radius 2 is 1.69 bits per heavy atom. The number of alkyl halides is 3. The summed E-state index contributed by atoms with van der Waals surface area (Å²) in [5, 5.41) is 15.2. The van der Waals surface area contributed by atoms with Crippen molar-refractivity contribution in [3.8, 4) is 5.69 Å². The van der Waals surface area contributed by atoms with Gasteiger partial charge in [0.1, 0.15) is 11.6 Å². The third kappa shape index (κ3) is 2.89. The number of nitrogens with zero attached hydrogens (tertiary/aromatic N) is 2. The van der Waals surface area contributed by atoms with Crippen LogP contribution in [0.25, 0.3) is 27.5 Å². The molecular weight excluding hydrogens is 429 g/mol. The molecule has 0 amide bonds. The Hall–Kier alpha value is -3.72. The number of H-pyrrole nitrogens is 1. The van der Waals surface area contributed by atoms with Gasteiger partial charge in [0.25, 0.3) is 0 Å². The van der Waals surface area contributed by atoms with Gasteiger partial charge in [-0.1, -0.05) is 12.1 Å². The van der Waals surface area contributed by atoms with E-state index in [4.69, 9.17) is 0 Å². The molecule has 0 aliphatic rings. The van der Waals surface area contributed by atoms with Crippen LogP contribution in [0.2, 0.25) is 0 Å². The predicted molar refractivity (Wildman–Crippen MR) is 108 cm³/mol. The molecular formula is C23H14F5N3O. The van der Waals surface area contributed by atoms with Crippen LogP contribution >= 0.6 is 0 Å². The molecule has 0 spiro atoms. The highest BCUT2D eigenvalue weighted by molar-refractivity contribution is 5.86. The second kappa shape index (κ2) is 6.89. The zero-order valence-electron chi connectivity index (χ0n) is 16.2. The fourth-order valence-electron chi connectivity index (χ4n) is 3.94. The van der Waals surface area contributed by atoms with E-state index in [9.17, 15) is 27.1 Å². The van der Waals surface area contributed by atoms with E-state index in [2.05, 4.69) is 10.1 Å². The highest BCUT2D eigenvalue weighted by Gasteiger charge is 2.57. The van der Waals surface area contributed by atoms with Gasteiger partial charge in [0.15, 0.2) is 0 Å². The van der Waals surface area contributed by atoms with E-state index in [0.717, 1.165) is 24.4 Å². The first-order chi connectivity index (χ1) is 15.2. The van der Waals surface area contributed by atoms with Crippen molar-refractivity contribution in [1.29, 1.82) is 0 Å². The lowest BCUT2D eigenvalue weighted by atomic mass is 9.85. The summed E-state index contributed by atoms with van der Waals surface area (Å²) >= 11 is 0. The third-order valence-corrected chi connectivity index (χ3v) is 5.51. The summed E-state index contributed by atoms with van der Waals surface area (Å²) in [6.07, 6.45) is -2.84. The van der Waals surface area contributed by atoms with Gasteiger partial charge in [0.05, 0.1) is 17.4 Å². The molecule has 0 fully saturated rings. The van der Waals surface area contributed by atoms with Gasteiger partial charge in [-0.05, 0) is 54.1 Å². The normalized spacial score (nSPS) is 14.2. The molecule has 0 aliphatic heterocycles. The Kier molecular flexibility index (Phi) is 4.35. The fourth-order valence-corrected chi connectivity index (χ4v) is 3.94. The fraction of sp³-hybridized carbons (Fsp3) is 0.0870. The van der Waals surface area contributed by atoms with Crippen LogP contribution in [0.4, 0.5) is 22.0 Å². The topological polar surface area (TPSA) is 53.8 Å². The predicted octanol–water partition coefficient (Wildman–Crippen LogP) is 5.58. The molecule has 0 saturated carbocycles. The van der Waals surface area contributed by atoms with Gasteiger partial charge in [0.2, 0.25) is 5.60 Å². The Morgan fingerprint density at radius 1 is 0.938 bits per heavy atom. The van der Waals surface area contributed by atoms with Crippen molar-refractivity contribution in [3.63, 3.8) is 0 Å². The maximum Gasteiger partial charge on any atom is 0.425 e. The van der Waals surface area contributed by atoms with E-state index < -0.39 is 34.5 Å². The van der Waals surface area contributed by atoms with Gasteiger partial charge in [-0.15, -0.1) is 0 Å². The van der Waals surface area contributed by atoms with E-state index in [-0.39, 0.29) is 10.9 Å². The molecule has 32 heavy (non-hydrogen) atoms. The molecule has 0 bridgehead atoms. The Balaban J connectivity index is 1.71. The van der Waals surface area contributed by atoms with Gasteiger partial charge in [-0.25, -0.2) is 13.5 Å². The quantitative estimate of drug-likeness (QED) is 0.358. The van der Waals surface area contributed by atoms with Gasteiger partial charge < -0.3 is 10.1 Å². The zero-order valence-corrected chi connectivity index (χ0v) is 16.2. The number of aromatic nitrogens is 3. The van der Waals surface area contributed by atoms with Crippen LogP contribution in [-0.4, -0.2) is 26.0 Å². The summed E-state index contributed by atoms with van der Waals surface area (Å²) in [6, 6.07) is 12.9. The lowest BCUT2D eigenvalue weighted by Crippen LogP contribution is -2.43. The van der Waals surface area contributed by atoms with Crippen molar-refractivity contribution in [1.82, 2.24) is 14.8 Å². The van der Waals surface area contributed by atoms with Crippen LogP contribution in [0.3, 0.4) is 0 Å². The number of rotatable bonds is 3. The summed E-state index contributed by atoms with van der Waals surface area (Å²) in [5.41, 5.74) is -3.50. The summed E-state index contributed by atoms with van der Waals surface area (Å²) < 4.78 is 71.9. The molecule has 5 aromatic rings. The lowest BCUT2D eigenvalue weighted by molar-refractivity contribution is -0.247. The van der Waals surface area contributed by atoms with Crippen molar-refractivity contribution < 1.29 is 27.1 Å². The monoisotopic (exact) mass is 443 g/mol. The lowest BCUT2D eigenvalue weighted by Gasteiger charge is -2.31. The summed E-state index contributed by atoms with van der Waals surface area (Å²) in [7, 11) is 0. The minimum atomic E-state index is -5.15. The average Bonchev–Trinajstić information content (AvgIpc) is 3.38. The van der Waals surface area contributed by atoms with Crippen molar-refractivity contribution in [2.75, 3.05) is 0 Å². The molecule has 2 aromatic heterocycles. The Morgan fingerprint density at radius 3 is 2.41 bits per heavy atom. The molecule has 0 aliphatic carbocycles. The second-order valence-corrected chi connectivity index (χ2v) is 7.38. The highest BCUT2D eigenvalue weighted by Crippen LogP contribution is 2.47. The molecule has 1 atom stereocenters. The van der Waals surface area contributed by atoms with Crippen molar-refractivity contribution in [2.45, 2.75) is 11.8 Å². The number of nitrogens with one attached hydrogen (secondary N) is 1. The maximum absolute atomic E-state index is 14.4. The standard InChI is InChI=1S/C23H14F5N3O/c24-15-5-7-16(8-6-15)31-20-9-4-14(10-13(20)11-30-31)22(32,23(26,27)28)17-12-29-19-3-1-2-18(25)21(17)19/h1-12,29,32H. The number of aliphatic hydroxyl groups is 1. The SMILES string of the molecule is OC(c1ccc2c(cnn2-c2ccc(F)cc2)c1)(c1c[nH]c2cccc(F)c12)C(F)(F)F. The molecule has 2 N–H and O–H groups in total. The van der Waals surface area contributed by atoms with E-state index in [0.29, 0.717) is 16.6 Å². The molecule has 0 saturated heterocycles. The zero-order chi connectivity index (χ0) is 22.7. The van der Waals surface area contributed by atoms with Crippen LogP contribution in [0.1, 0.15) is 11.1 Å². The third-order valence-electron chi connectivity index (χ3n) is 5.51. The van der Waals surface area contributed by atoms with Crippen LogP contribution < -0.4 is 0 Å². The van der Waals surface area contributed by atoms with E-state index in [1.807, 2.05) is 0 Å². The summed E-state index contributed by atoms with van der Waals surface area (Å²) in [6.45, 7) is 0. The summed E-state index contributed by atoms with van der Waals surface area (Å²) in [4.78, 5) is 2.60. The van der Waals surface area contributed by atoms with Crippen molar-refractivity contribution in [3.05, 3.63) is 95.8 Å². The number of hydrogen-bond acceptors (Lipinski definition) is 2. The van der Waals surface area contributed by atoms with Crippen LogP contribution in [0, 0.1) is 11.6 Å². The van der Waals surface area contributed by atoms with Crippen molar-refractivity contribution >= 4 is 21.8 Å². The number of halogens is 5. The first-order valence-electron chi connectivity index (χ1n) is 9.49. The van der Waals surface area contributed by atoms with Gasteiger partial charge in [-0.3, -0.25) is 0 Å². The molecule has 5 rings (SSSR count). The van der Waals surface area contributed by atoms with Crippen LogP contribution in [0.5, 0.6) is 0 Å². The Bertz CT molecular complexity index is 1450. The number of fused-ring (bicyclic) bond motifs is 2. The summed E-state index contributed by atoms with van der Waals surface area (Å²) in [5.74, 6) is -1.32. The highest BCUT2D eigenvalue weighted by atomic mass is 19.4. The molecule has 4 nitrogen and oxygen atoms in total. The molecule has 3 aromatic carbocycles. The molecule has 9 heteroatoms. The molecule has 2 heterocycles. The minimum Gasteiger partial charge on any atom is -0.372 e. The first kappa shape index (κ1) is 20.2. The van der Waals surface area contributed by atoms with Gasteiger partial charge in [-0.2, -0.15) is 18.3 Å². The van der Waals surface area contributed by atoms with Crippen LogP contribution in [-0.2, 0) is 5.60 Å². The molecule has 0 radical (unpaired) electrons. The smallest absolute Gasteiger partial charge is 0.372 e. The van der Waals surface area contributed by atoms with Crippen molar-refractivity contribution in [2.24, 2.45) is 0 Å². The minimum absolute atomic E-state index is 0.132. The van der Waals surface area contributed by atoms with E-state index in [1.165, 1.54) is 53.3 Å². The van der Waals surface area contributed by atoms with Gasteiger partial charge in [0, 0.05) is 28.0 Å². The first-order valence-corrected chi connectivity index (χ1v) is 9.49. The molecule has 162 valence electrons. The number of aromatic amines is 1. The number of hydrogen-bond donors (Lipinski definition) is 2. The van der Waals surface area contributed by atoms with Gasteiger partial charge >= 0.3 is 6.18 Å². The van der Waals surface area contributed by atoms with E-state index >= 15 is 0 Å². The molecule has 1 unspecified atom stereocenters. The largest absolute Gasteiger partial charge is 0.425 e. The average molecular weight is 443 g/mol. The number of benzene rings is 3. The van der Waals surface area contributed by atoms with Crippen LogP contribution in [0.15, 0.2) is 73.1 Å². The second-order valence-electron chi connectivity index (χ2n) is 7.38. The Labute approximate surface area is 177 Å². The maximum atomic E-state index is 14.4.